The smallest absolute Gasteiger partial charge is 0.308 e. The highest BCUT2D eigenvalue weighted by molar-refractivity contribution is 5.79. The molecule has 1 aliphatic carbocycles. The minimum atomic E-state index is -0.768. The van der Waals surface area contributed by atoms with E-state index in [9.17, 15) is 14.7 Å². The molecule has 1 aliphatic heterocycles. The molecule has 25 heavy (non-hydrogen) atoms. The lowest BCUT2D eigenvalue weighted by Gasteiger charge is -2.16. The lowest BCUT2D eigenvalue weighted by Crippen LogP contribution is -2.30. The van der Waals surface area contributed by atoms with Crippen molar-refractivity contribution < 1.29 is 24.2 Å². The van der Waals surface area contributed by atoms with Gasteiger partial charge in [-0.05, 0) is 55.4 Å². The van der Waals surface area contributed by atoms with Gasteiger partial charge in [-0.3, -0.25) is 9.59 Å². The fourth-order valence-corrected chi connectivity index (χ4v) is 3.54. The first kappa shape index (κ1) is 17.6. The van der Waals surface area contributed by atoms with Crippen molar-refractivity contribution in [2.24, 2.45) is 17.8 Å². The third-order valence-electron chi connectivity index (χ3n) is 5.13. The van der Waals surface area contributed by atoms with Crippen molar-refractivity contribution in [1.82, 2.24) is 4.90 Å². The maximum absolute atomic E-state index is 12.4. The highest BCUT2D eigenvalue weighted by Gasteiger charge is 2.46. The van der Waals surface area contributed by atoms with Gasteiger partial charge in [0.1, 0.15) is 11.5 Å². The molecule has 6 heteroatoms. The number of hydrogen-bond donors (Lipinski definition) is 1. The second-order valence-electron chi connectivity index (χ2n) is 6.87. The van der Waals surface area contributed by atoms with E-state index in [1.807, 2.05) is 24.3 Å². The first-order valence-corrected chi connectivity index (χ1v) is 8.86. The van der Waals surface area contributed by atoms with Crippen LogP contribution in [0.1, 0.15) is 25.7 Å². The van der Waals surface area contributed by atoms with Crippen molar-refractivity contribution in [3.63, 3.8) is 0 Å². The molecule has 1 N–H and O–H groups in total. The Kier molecular flexibility index (Phi) is 5.46. The summed E-state index contributed by atoms with van der Waals surface area (Å²) in [7, 11) is 1.61. The normalized spacial score (nSPS) is 22.7. The van der Waals surface area contributed by atoms with Gasteiger partial charge in [0.2, 0.25) is 5.91 Å². The van der Waals surface area contributed by atoms with Crippen molar-refractivity contribution in [2.75, 3.05) is 26.8 Å². The first-order chi connectivity index (χ1) is 12.1. The monoisotopic (exact) mass is 347 g/mol. The topological polar surface area (TPSA) is 76.1 Å². The summed E-state index contributed by atoms with van der Waals surface area (Å²) in [5, 5.41) is 9.37. The first-order valence-electron chi connectivity index (χ1n) is 8.86. The Bertz CT molecular complexity index is 611. The molecule has 1 aromatic carbocycles. The van der Waals surface area contributed by atoms with Crippen LogP contribution in [0.4, 0.5) is 0 Å². The van der Waals surface area contributed by atoms with Crippen LogP contribution >= 0.6 is 0 Å². The summed E-state index contributed by atoms with van der Waals surface area (Å²) in [4.78, 5) is 25.5. The zero-order valence-electron chi connectivity index (χ0n) is 14.5. The molecular formula is C19H25NO5. The van der Waals surface area contributed by atoms with E-state index < -0.39 is 11.9 Å². The molecule has 0 aromatic heterocycles. The number of carbonyl (C=O) groups is 2. The van der Waals surface area contributed by atoms with E-state index in [1.54, 1.807) is 12.0 Å². The van der Waals surface area contributed by atoms with Gasteiger partial charge in [0, 0.05) is 19.5 Å². The third kappa shape index (κ3) is 4.44. The SMILES string of the molecule is COc1ccc(OCCCC(=O)N2C[C@H](C(=O)O)[C@@H](C3CC3)C2)cc1. The number of rotatable bonds is 8. The predicted octanol–water partition coefficient (Wildman–Crippen LogP) is 2.42. The van der Waals surface area contributed by atoms with Crippen LogP contribution in [0.3, 0.4) is 0 Å². The molecule has 136 valence electrons. The van der Waals surface area contributed by atoms with Crippen LogP contribution in [-0.2, 0) is 9.59 Å². The molecule has 2 aliphatic rings. The molecular weight excluding hydrogens is 322 g/mol. The molecule has 1 amide bonds. The van der Waals surface area contributed by atoms with Crippen LogP contribution in [0.15, 0.2) is 24.3 Å². The van der Waals surface area contributed by atoms with E-state index >= 15 is 0 Å². The molecule has 2 atom stereocenters. The molecule has 1 saturated heterocycles. The molecule has 0 unspecified atom stereocenters. The summed E-state index contributed by atoms with van der Waals surface area (Å²) < 4.78 is 10.7. The van der Waals surface area contributed by atoms with Crippen LogP contribution < -0.4 is 9.47 Å². The van der Waals surface area contributed by atoms with Gasteiger partial charge in [0.05, 0.1) is 19.6 Å². The van der Waals surface area contributed by atoms with E-state index in [1.165, 1.54) is 0 Å². The molecule has 0 radical (unpaired) electrons. The molecule has 1 saturated carbocycles. The van der Waals surface area contributed by atoms with Crippen molar-refractivity contribution in [2.45, 2.75) is 25.7 Å². The van der Waals surface area contributed by atoms with Crippen molar-refractivity contribution >= 4 is 11.9 Å². The van der Waals surface area contributed by atoms with Gasteiger partial charge in [-0.15, -0.1) is 0 Å². The third-order valence-corrected chi connectivity index (χ3v) is 5.13. The number of ether oxygens (including phenoxy) is 2. The number of likely N-dealkylation sites (tertiary alicyclic amines) is 1. The minimum Gasteiger partial charge on any atom is -0.497 e. The lowest BCUT2D eigenvalue weighted by molar-refractivity contribution is -0.142. The van der Waals surface area contributed by atoms with E-state index in [4.69, 9.17) is 9.47 Å². The molecule has 2 fully saturated rings. The summed E-state index contributed by atoms with van der Waals surface area (Å²) in [6, 6.07) is 7.32. The van der Waals surface area contributed by atoms with Crippen LogP contribution in [0, 0.1) is 17.8 Å². The fourth-order valence-electron chi connectivity index (χ4n) is 3.54. The van der Waals surface area contributed by atoms with Gasteiger partial charge in [-0.25, -0.2) is 0 Å². The number of carboxylic acids is 1. The van der Waals surface area contributed by atoms with Gasteiger partial charge in [-0.2, -0.15) is 0 Å². The van der Waals surface area contributed by atoms with E-state index in [0.717, 1.165) is 24.3 Å². The zero-order chi connectivity index (χ0) is 17.8. The Morgan fingerprint density at radius 2 is 1.84 bits per heavy atom. The average molecular weight is 347 g/mol. The molecule has 1 aromatic rings. The van der Waals surface area contributed by atoms with E-state index in [-0.39, 0.29) is 11.8 Å². The summed E-state index contributed by atoms with van der Waals surface area (Å²) in [5.41, 5.74) is 0. The predicted molar refractivity (Wildman–Crippen MR) is 91.6 cm³/mol. The Morgan fingerprint density at radius 3 is 2.44 bits per heavy atom. The molecule has 1 heterocycles. The second kappa shape index (κ2) is 7.76. The Labute approximate surface area is 147 Å². The van der Waals surface area contributed by atoms with Gasteiger partial charge in [0.15, 0.2) is 0 Å². The largest absolute Gasteiger partial charge is 0.497 e. The summed E-state index contributed by atoms with van der Waals surface area (Å²) in [5.74, 6) is 1.02. The molecule has 0 bridgehead atoms. The lowest BCUT2D eigenvalue weighted by atomic mass is 9.92. The number of carboxylic acid groups (broad SMARTS) is 1. The van der Waals surface area contributed by atoms with Crippen LogP contribution in [0.25, 0.3) is 0 Å². The molecule has 6 nitrogen and oxygen atoms in total. The highest BCUT2D eigenvalue weighted by Crippen LogP contribution is 2.44. The zero-order valence-corrected chi connectivity index (χ0v) is 14.5. The van der Waals surface area contributed by atoms with Crippen molar-refractivity contribution in [3.8, 4) is 11.5 Å². The number of methoxy groups -OCH3 is 1. The maximum atomic E-state index is 12.4. The highest BCUT2D eigenvalue weighted by atomic mass is 16.5. The molecule has 3 rings (SSSR count). The summed E-state index contributed by atoms with van der Waals surface area (Å²) in [6.07, 6.45) is 3.21. The van der Waals surface area contributed by atoms with E-state index in [2.05, 4.69) is 0 Å². The number of amides is 1. The number of benzene rings is 1. The number of nitrogens with zero attached hydrogens (tertiary/aromatic N) is 1. The Hall–Kier alpha value is -2.24. The van der Waals surface area contributed by atoms with Gasteiger partial charge in [0.25, 0.3) is 0 Å². The van der Waals surface area contributed by atoms with Gasteiger partial charge >= 0.3 is 5.97 Å². The Balaban J connectivity index is 1.41. The second-order valence-corrected chi connectivity index (χ2v) is 6.87. The summed E-state index contributed by atoms with van der Waals surface area (Å²) in [6.45, 7) is 1.41. The van der Waals surface area contributed by atoms with Gasteiger partial charge < -0.3 is 19.5 Å². The quantitative estimate of drug-likeness (QED) is 0.731. The van der Waals surface area contributed by atoms with Gasteiger partial charge in [-0.1, -0.05) is 0 Å². The Morgan fingerprint density at radius 1 is 1.16 bits per heavy atom. The van der Waals surface area contributed by atoms with Crippen LogP contribution in [0.2, 0.25) is 0 Å². The van der Waals surface area contributed by atoms with Crippen molar-refractivity contribution in [1.29, 1.82) is 0 Å². The summed E-state index contributed by atoms with van der Waals surface area (Å²) >= 11 is 0. The minimum absolute atomic E-state index is 0.0349. The number of carbonyl (C=O) groups excluding carboxylic acids is 1. The average Bonchev–Trinajstić information content (AvgIpc) is 3.36. The number of aliphatic carboxylic acids is 1. The molecule has 0 spiro atoms. The number of hydrogen-bond acceptors (Lipinski definition) is 4. The van der Waals surface area contributed by atoms with Crippen LogP contribution in [-0.4, -0.2) is 48.7 Å². The van der Waals surface area contributed by atoms with E-state index in [0.29, 0.717) is 38.5 Å². The maximum Gasteiger partial charge on any atom is 0.308 e. The van der Waals surface area contributed by atoms with Crippen molar-refractivity contribution in [3.05, 3.63) is 24.3 Å². The standard InChI is InChI=1S/C19H25NO5/c1-24-14-6-8-15(9-7-14)25-10-2-3-18(21)20-11-16(13-4-5-13)17(12-20)19(22)23/h6-9,13,16-17H,2-5,10-12H2,1H3,(H,22,23)/t16-,17+/m1/s1. The fraction of sp³-hybridized carbons (Fsp3) is 0.579. The van der Waals surface area contributed by atoms with Crippen LogP contribution in [0.5, 0.6) is 11.5 Å².